The maximum atomic E-state index is 12.8. The minimum Gasteiger partial charge on any atom is -0.464 e. The van der Waals surface area contributed by atoms with Gasteiger partial charge in [-0.05, 0) is 39.3 Å². The molecule has 0 fully saturated rings. The molecule has 5 nitrogen and oxygen atoms in total. The number of hydrogen-bond donors (Lipinski definition) is 0. The molecule has 1 aromatic heterocycles. The number of carbonyl (C=O) groups is 2. The molecule has 0 aliphatic heterocycles. The first-order valence-corrected chi connectivity index (χ1v) is 7.70. The number of amides is 1. The van der Waals surface area contributed by atoms with Crippen molar-refractivity contribution in [3.05, 3.63) is 36.1 Å². The van der Waals surface area contributed by atoms with Gasteiger partial charge in [-0.15, -0.1) is 0 Å². The van der Waals surface area contributed by atoms with Crippen molar-refractivity contribution in [2.45, 2.75) is 45.8 Å². The van der Waals surface area contributed by atoms with E-state index in [4.69, 9.17) is 9.15 Å². The normalized spacial score (nSPS) is 12.9. The van der Waals surface area contributed by atoms with E-state index in [0.717, 1.165) is 5.39 Å². The van der Waals surface area contributed by atoms with Gasteiger partial charge in [0, 0.05) is 18.0 Å². The summed E-state index contributed by atoms with van der Waals surface area (Å²) in [5, 5.41) is 0.940. The van der Waals surface area contributed by atoms with Gasteiger partial charge in [-0.2, -0.15) is 0 Å². The standard InChI is InChI=1S/C18H23NO4/c1-6-14(19(5)17(21)23-18(2,3)4)16(20)13-8-7-12-9-10-22-15(12)11-13/h7-11,14H,6H2,1-5H3. The van der Waals surface area contributed by atoms with E-state index in [0.29, 0.717) is 17.6 Å². The lowest BCUT2D eigenvalue weighted by Crippen LogP contribution is -2.44. The van der Waals surface area contributed by atoms with Gasteiger partial charge in [0.1, 0.15) is 11.2 Å². The van der Waals surface area contributed by atoms with Gasteiger partial charge in [-0.3, -0.25) is 4.79 Å². The first-order valence-electron chi connectivity index (χ1n) is 7.70. The van der Waals surface area contributed by atoms with Crippen molar-refractivity contribution >= 4 is 22.8 Å². The number of rotatable bonds is 4. The third-order valence-corrected chi connectivity index (χ3v) is 3.58. The summed E-state index contributed by atoms with van der Waals surface area (Å²) in [6, 6.07) is 6.58. The van der Waals surface area contributed by atoms with Crippen LogP contribution >= 0.6 is 0 Å². The van der Waals surface area contributed by atoms with Crippen LogP contribution in [0.2, 0.25) is 0 Å². The van der Waals surface area contributed by atoms with Gasteiger partial charge in [0.15, 0.2) is 5.78 Å². The molecule has 0 aliphatic rings. The molecule has 23 heavy (non-hydrogen) atoms. The fraction of sp³-hybridized carbons (Fsp3) is 0.444. The fourth-order valence-electron chi connectivity index (χ4n) is 2.40. The number of fused-ring (bicyclic) bond motifs is 1. The van der Waals surface area contributed by atoms with Gasteiger partial charge in [0.05, 0.1) is 12.3 Å². The van der Waals surface area contributed by atoms with Crippen molar-refractivity contribution in [2.24, 2.45) is 0 Å². The number of Topliss-reactive ketones (excluding diaryl/α,β-unsaturated/α-hetero) is 1. The third kappa shape index (κ3) is 3.92. The summed E-state index contributed by atoms with van der Waals surface area (Å²) in [6.45, 7) is 7.26. The quantitative estimate of drug-likeness (QED) is 0.790. The van der Waals surface area contributed by atoms with Crippen LogP contribution in [0.1, 0.15) is 44.5 Å². The Morgan fingerprint density at radius 3 is 2.57 bits per heavy atom. The summed E-state index contributed by atoms with van der Waals surface area (Å²) in [5.74, 6) is -0.126. The lowest BCUT2D eigenvalue weighted by atomic mass is 10.0. The number of likely N-dealkylation sites (N-methyl/N-ethyl adjacent to an activating group) is 1. The molecule has 1 amide bonds. The number of hydrogen-bond acceptors (Lipinski definition) is 4. The number of ketones is 1. The maximum absolute atomic E-state index is 12.8. The van der Waals surface area contributed by atoms with Crippen LogP contribution in [0, 0.1) is 0 Å². The van der Waals surface area contributed by atoms with Gasteiger partial charge in [-0.25, -0.2) is 4.79 Å². The summed E-state index contributed by atoms with van der Waals surface area (Å²) >= 11 is 0. The van der Waals surface area contributed by atoms with Crippen LogP contribution in [-0.2, 0) is 4.74 Å². The van der Waals surface area contributed by atoms with Crippen LogP contribution in [0.15, 0.2) is 34.9 Å². The van der Waals surface area contributed by atoms with Crippen molar-refractivity contribution < 1.29 is 18.7 Å². The summed E-state index contributed by atoms with van der Waals surface area (Å²) in [5.41, 5.74) is 0.583. The lowest BCUT2D eigenvalue weighted by Gasteiger charge is -2.29. The summed E-state index contributed by atoms with van der Waals surface area (Å²) in [7, 11) is 1.59. The zero-order valence-electron chi connectivity index (χ0n) is 14.3. The largest absolute Gasteiger partial charge is 0.464 e. The SMILES string of the molecule is CCC(C(=O)c1ccc2ccoc2c1)N(C)C(=O)OC(C)(C)C. The molecule has 2 rings (SSSR count). The van der Waals surface area contributed by atoms with Crippen LogP contribution in [0.3, 0.4) is 0 Å². The molecule has 0 spiro atoms. The molecule has 0 bridgehead atoms. The summed E-state index contributed by atoms with van der Waals surface area (Å²) < 4.78 is 10.7. The van der Waals surface area contributed by atoms with Gasteiger partial charge >= 0.3 is 6.09 Å². The molecular weight excluding hydrogens is 294 g/mol. The predicted octanol–water partition coefficient (Wildman–Crippen LogP) is 4.26. The number of carbonyl (C=O) groups excluding carboxylic acids is 2. The molecule has 1 atom stereocenters. The Morgan fingerprint density at radius 2 is 1.96 bits per heavy atom. The second kappa shape index (κ2) is 6.44. The Balaban J connectivity index is 2.21. The molecule has 0 saturated carbocycles. The zero-order valence-corrected chi connectivity index (χ0v) is 14.3. The molecule has 0 N–H and O–H groups in total. The van der Waals surface area contributed by atoms with Crippen LogP contribution in [-0.4, -0.2) is 35.5 Å². The highest BCUT2D eigenvalue weighted by molar-refractivity contribution is 6.03. The minimum atomic E-state index is -0.597. The Morgan fingerprint density at radius 1 is 1.26 bits per heavy atom. The molecule has 1 aromatic carbocycles. The first kappa shape index (κ1) is 17.1. The molecule has 0 aliphatic carbocycles. The number of furan rings is 1. The second-order valence-electron chi connectivity index (χ2n) is 6.55. The Kier molecular flexibility index (Phi) is 4.78. The van der Waals surface area contributed by atoms with E-state index in [1.54, 1.807) is 46.2 Å². The minimum absolute atomic E-state index is 0.126. The van der Waals surface area contributed by atoms with E-state index in [1.807, 2.05) is 19.1 Å². The van der Waals surface area contributed by atoms with Gasteiger partial charge in [0.25, 0.3) is 0 Å². The molecule has 0 radical (unpaired) electrons. The van der Waals surface area contributed by atoms with E-state index < -0.39 is 17.7 Å². The lowest BCUT2D eigenvalue weighted by molar-refractivity contribution is 0.0214. The molecule has 5 heteroatoms. The van der Waals surface area contributed by atoms with Crippen LogP contribution < -0.4 is 0 Å². The van der Waals surface area contributed by atoms with E-state index in [9.17, 15) is 9.59 Å². The summed E-state index contributed by atoms with van der Waals surface area (Å²) in [4.78, 5) is 26.3. The van der Waals surface area contributed by atoms with Crippen molar-refractivity contribution in [1.29, 1.82) is 0 Å². The molecule has 1 heterocycles. The van der Waals surface area contributed by atoms with E-state index in [-0.39, 0.29) is 5.78 Å². The van der Waals surface area contributed by atoms with Crippen molar-refractivity contribution in [1.82, 2.24) is 4.90 Å². The van der Waals surface area contributed by atoms with Crippen molar-refractivity contribution in [3.8, 4) is 0 Å². The topological polar surface area (TPSA) is 59.8 Å². The van der Waals surface area contributed by atoms with Gasteiger partial charge in [0.2, 0.25) is 0 Å². The van der Waals surface area contributed by atoms with Crippen molar-refractivity contribution in [2.75, 3.05) is 7.05 Å². The highest BCUT2D eigenvalue weighted by Gasteiger charge is 2.29. The fourth-order valence-corrected chi connectivity index (χ4v) is 2.40. The first-order chi connectivity index (χ1) is 10.7. The monoisotopic (exact) mass is 317 g/mol. The molecule has 124 valence electrons. The highest BCUT2D eigenvalue weighted by Crippen LogP contribution is 2.20. The van der Waals surface area contributed by atoms with E-state index in [2.05, 4.69) is 0 Å². The van der Waals surface area contributed by atoms with Crippen LogP contribution in [0.4, 0.5) is 4.79 Å². The summed E-state index contributed by atoms with van der Waals surface area (Å²) in [6.07, 6.45) is 1.59. The van der Waals surface area contributed by atoms with Crippen LogP contribution in [0.5, 0.6) is 0 Å². The van der Waals surface area contributed by atoms with Gasteiger partial charge in [-0.1, -0.05) is 19.1 Å². The smallest absolute Gasteiger partial charge is 0.410 e. The van der Waals surface area contributed by atoms with E-state index >= 15 is 0 Å². The Hall–Kier alpha value is -2.30. The maximum Gasteiger partial charge on any atom is 0.410 e. The molecule has 1 unspecified atom stereocenters. The third-order valence-electron chi connectivity index (χ3n) is 3.58. The number of nitrogens with zero attached hydrogens (tertiary/aromatic N) is 1. The zero-order chi connectivity index (χ0) is 17.2. The average molecular weight is 317 g/mol. The average Bonchev–Trinajstić information content (AvgIpc) is 2.93. The molecular formula is C18H23NO4. The Bertz CT molecular complexity index is 711. The second-order valence-corrected chi connectivity index (χ2v) is 6.55. The molecule has 0 saturated heterocycles. The van der Waals surface area contributed by atoms with Crippen LogP contribution in [0.25, 0.3) is 11.0 Å². The number of ether oxygens (including phenoxy) is 1. The Labute approximate surface area is 136 Å². The predicted molar refractivity (Wildman–Crippen MR) is 88.6 cm³/mol. The highest BCUT2D eigenvalue weighted by atomic mass is 16.6. The van der Waals surface area contributed by atoms with E-state index in [1.165, 1.54) is 4.90 Å². The number of benzene rings is 1. The molecule has 2 aromatic rings. The van der Waals surface area contributed by atoms with Crippen molar-refractivity contribution in [3.63, 3.8) is 0 Å². The van der Waals surface area contributed by atoms with Gasteiger partial charge < -0.3 is 14.1 Å².